The van der Waals surface area contributed by atoms with Crippen LogP contribution in [0.25, 0.3) is 0 Å². The number of guanidine groups is 1. The van der Waals surface area contributed by atoms with Crippen LogP contribution in [0.2, 0.25) is 0 Å². The molecule has 1 aromatic carbocycles. The maximum Gasteiger partial charge on any atom is 0.422 e. The molecule has 30 heavy (non-hydrogen) atoms. The molecular formula is C19H26F3IN4O2S. The molecule has 0 saturated carbocycles. The van der Waals surface area contributed by atoms with E-state index in [0.717, 1.165) is 17.0 Å². The second-order valence-electron chi connectivity index (χ2n) is 6.13. The number of aliphatic imine (C=N–C) groups is 1. The monoisotopic (exact) mass is 558 g/mol. The van der Waals surface area contributed by atoms with Gasteiger partial charge in [0.25, 0.3) is 0 Å². The Kier molecular flexibility index (Phi) is 11.2. The molecule has 0 atom stereocenters. The van der Waals surface area contributed by atoms with Gasteiger partial charge < -0.3 is 20.1 Å². The number of aryl methyl sites for hydroxylation is 1. The predicted octanol–water partition coefficient (Wildman–Crippen LogP) is 4.32. The highest BCUT2D eigenvalue weighted by Gasteiger charge is 2.29. The van der Waals surface area contributed by atoms with Crippen molar-refractivity contribution >= 4 is 41.3 Å². The first kappa shape index (κ1) is 26.3. The Hall–Kier alpha value is -1.76. The Balaban J connectivity index is 0.00000450. The fourth-order valence-electron chi connectivity index (χ4n) is 2.41. The zero-order valence-corrected chi connectivity index (χ0v) is 20.2. The van der Waals surface area contributed by atoms with Crippen molar-refractivity contribution in [2.75, 3.05) is 26.8 Å². The number of ether oxygens (including phenoxy) is 2. The smallest absolute Gasteiger partial charge is 0.422 e. The van der Waals surface area contributed by atoms with Gasteiger partial charge in [-0.3, -0.25) is 0 Å². The number of alkyl halides is 3. The molecule has 1 heterocycles. The van der Waals surface area contributed by atoms with Crippen LogP contribution in [0.1, 0.15) is 22.4 Å². The van der Waals surface area contributed by atoms with Gasteiger partial charge in [-0.2, -0.15) is 13.2 Å². The third-order valence-corrected chi connectivity index (χ3v) is 4.66. The summed E-state index contributed by atoms with van der Waals surface area (Å²) in [5, 5.41) is 7.47. The Morgan fingerprint density at radius 2 is 2.00 bits per heavy atom. The molecule has 0 spiro atoms. The number of nitrogens with zero attached hydrogens (tertiary/aromatic N) is 2. The van der Waals surface area contributed by atoms with Crippen molar-refractivity contribution in [2.45, 2.75) is 33.0 Å². The lowest BCUT2D eigenvalue weighted by atomic mass is 10.2. The molecule has 0 fully saturated rings. The number of nitrogens with one attached hydrogen (secondary N) is 2. The minimum Gasteiger partial charge on any atom is -0.493 e. The lowest BCUT2D eigenvalue weighted by Gasteiger charge is -2.14. The zero-order valence-electron chi connectivity index (χ0n) is 17.0. The van der Waals surface area contributed by atoms with Crippen LogP contribution in [0.3, 0.4) is 0 Å². The summed E-state index contributed by atoms with van der Waals surface area (Å²) in [6.07, 6.45) is -1.76. The van der Waals surface area contributed by atoms with Crippen LogP contribution < -0.4 is 20.1 Å². The Morgan fingerprint density at radius 1 is 1.23 bits per heavy atom. The van der Waals surface area contributed by atoms with Crippen LogP contribution in [-0.4, -0.2) is 43.9 Å². The van der Waals surface area contributed by atoms with Gasteiger partial charge in [-0.15, -0.1) is 35.3 Å². The van der Waals surface area contributed by atoms with Crippen molar-refractivity contribution in [2.24, 2.45) is 4.99 Å². The van der Waals surface area contributed by atoms with Crippen molar-refractivity contribution in [3.8, 4) is 11.5 Å². The average molecular weight is 558 g/mol. The summed E-state index contributed by atoms with van der Waals surface area (Å²) in [7, 11) is 1.38. The van der Waals surface area contributed by atoms with Gasteiger partial charge in [0.15, 0.2) is 24.1 Å². The molecule has 2 rings (SSSR count). The van der Waals surface area contributed by atoms with Crippen LogP contribution in [-0.2, 0) is 13.0 Å². The fraction of sp³-hybridized carbons (Fsp3) is 0.474. The quantitative estimate of drug-likeness (QED) is 0.273. The third kappa shape index (κ3) is 9.37. The van der Waals surface area contributed by atoms with Crippen molar-refractivity contribution in [3.05, 3.63) is 39.8 Å². The average Bonchev–Trinajstić information content (AvgIpc) is 3.09. The van der Waals surface area contributed by atoms with Gasteiger partial charge in [-0.25, -0.2) is 9.98 Å². The standard InChI is InChI=1S/C19H25F3N4O2S.HI/c1-4-23-18(24-8-7-17-25-10-13(2)29-17)26-11-14-5-6-15(16(9-14)27-3)28-12-19(20,21)22;/h5-6,9-10H,4,7-8,11-12H2,1-3H3,(H2,23,24,26);1H. The number of benzene rings is 1. The third-order valence-electron chi connectivity index (χ3n) is 3.68. The normalized spacial score (nSPS) is 11.6. The number of hydrogen-bond donors (Lipinski definition) is 2. The molecule has 11 heteroatoms. The maximum absolute atomic E-state index is 12.3. The van der Waals surface area contributed by atoms with Crippen LogP contribution >= 0.6 is 35.3 Å². The topological polar surface area (TPSA) is 67.8 Å². The molecule has 0 radical (unpaired) electrons. The highest BCUT2D eigenvalue weighted by atomic mass is 127. The summed E-state index contributed by atoms with van der Waals surface area (Å²) in [4.78, 5) is 10.0. The van der Waals surface area contributed by atoms with E-state index in [9.17, 15) is 13.2 Å². The van der Waals surface area contributed by atoms with E-state index < -0.39 is 12.8 Å². The van der Waals surface area contributed by atoms with E-state index in [1.54, 1.807) is 23.5 Å². The number of aromatic nitrogens is 1. The number of rotatable bonds is 9. The van der Waals surface area contributed by atoms with Crippen LogP contribution in [0.15, 0.2) is 29.4 Å². The summed E-state index contributed by atoms with van der Waals surface area (Å²) in [6.45, 7) is 4.35. The van der Waals surface area contributed by atoms with Crippen LogP contribution in [0, 0.1) is 6.92 Å². The highest BCUT2D eigenvalue weighted by Crippen LogP contribution is 2.30. The molecule has 168 valence electrons. The van der Waals surface area contributed by atoms with E-state index in [1.807, 2.05) is 20.0 Å². The van der Waals surface area contributed by atoms with E-state index in [1.165, 1.54) is 18.1 Å². The summed E-state index contributed by atoms with van der Waals surface area (Å²) in [6, 6.07) is 4.75. The lowest BCUT2D eigenvalue weighted by Crippen LogP contribution is -2.38. The molecule has 0 aliphatic heterocycles. The predicted molar refractivity (Wildman–Crippen MR) is 123 cm³/mol. The molecule has 0 aliphatic carbocycles. The van der Waals surface area contributed by atoms with Gasteiger partial charge in [0.1, 0.15) is 0 Å². The van der Waals surface area contributed by atoms with Gasteiger partial charge in [0.05, 0.1) is 18.7 Å². The minimum absolute atomic E-state index is 0. The van der Waals surface area contributed by atoms with E-state index in [4.69, 9.17) is 9.47 Å². The fourth-order valence-corrected chi connectivity index (χ4v) is 3.19. The van der Waals surface area contributed by atoms with Crippen LogP contribution in [0.4, 0.5) is 13.2 Å². The lowest BCUT2D eigenvalue weighted by molar-refractivity contribution is -0.153. The summed E-state index contributed by atoms with van der Waals surface area (Å²) in [5.41, 5.74) is 0.786. The molecule has 0 saturated heterocycles. The first-order valence-corrected chi connectivity index (χ1v) is 9.92. The first-order valence-electron chi connectivity index (χ1n) is 9.10. The largest absolute Gasteiger partial charge is 0.493 e. The van der Waals surface area contributed by atoms with Crippen molar-refractivity contribution in [3.63, 3.8) is 0 Å². The van der Waals surface area contributed by atoms with E-state index in [2.05, 4.69) is 20.6 Å². The second-order valence-corrected chi connectivity index (χ2v) is 7.44. The Labute approximate surface area is 195 Å². The van der Waals surface area contributed by atoms with Gasteiger partial charge >= 0.3 is 6.18 Å². The van der Waals surface area contributed by atoms with Crippen LogP contribution in [0.5, 0.6) is 11.5 Å². The first-order chi connectivity index (χ1) is 13.8. The van der Waals surface area contributed by atoms with Crippen molar-refractivity contribution in [1.82, 2.24) is 15.6 Å². The SMILES string of the molecule is CCNC(=NCc1ccc(OCC(F)(F)F)c(OC)c1)NCCc1ncc(C)s1.I. The summed E-state index contributed by atoms with van der Waals surface area (Å²) >= 11 is 1.67. The Bertz CT molecular complexity index is 815. The summed E-state index contributed by atoms with van der Waals surface area (Å²) in [5.74, 6) is 0.928. The molecule has 2 N–H and O–H groups in total. The number of halogens is 4. The summed E-state index contributed by atoms with van der Waals surface area (Å²) < 4.78 is 47.0. The molecule has 6 nitrogen and oxygen atoms in total. The van der Waals surface area contributed by atoms with Gasteiger partial charge in [0, 0.05) is 30.6 Å². The maximum atomic E-state index is 12.3. The molecule has 0 aliphatic rings. The number of hydrogen-bond acceptors (Lipinski definition) is 5. The van der Waals surface area contributed by atoms with E-state index in [0.29, 0.717) is 25.6 Å². The van der Waals surface area contributed by atoms with Gasteiger partial charge in [-0.1, -0.05) is 6.07 Å². The number of thiazole rings is 1. The zero-order chi connectivity index (χ0) is 21.3. The molecular weight excluding hydrogens is 532 g/mol. The van der Waals surface area contributed by atoms with Gasteiger partial charge in [0.2, 0.25) is 0 Å². The molecule has 2 aromatic rings. The van der Waals surface area contributed by atoms with Gasteiger partial charge in [-0.05, 0) is 31.5 Å². The van der Waals surface area contributed by atoms with Crippen molar-refractivity contribution < 1.29 is 22.6 Å². The van der Waals surface area contributed by atoms with E-state index in [-0.39, 0.29) is 35.5 Å². The molecule has 1 aromatic heterocycles. The van der Waals surface area contributed by atoms with Crippen molar-refractivity contribution in [1.29, 1.82) is 0 Å². The molecule has 0 unspecified atom stereocenters. The Morgan fingerprint density at radius 3 is 2.60 bits per heavy atom. The second kappa shape index (κ2) is 12.8. The van der Waals surface area contributed by atoms with E-state index >= 15 is 0 Å². The highest BCUT2D eigenvalue weighted by molar-refractivity contribution is 14.0. The minimum atomic E-state index is -4.41. The molecule has 0 amide bonds. The number of methoxy groups -OCH3 is 1. The molecule has 0 bridgehead atoms.